The molecule has 1 atom stereocenters. The molecule has 0 saturated carbocycles. The van der Waals surface area contributed by atoms with Crippen molar-refractivity contribution in [1.82, 2.24) is 4.90 Å². The standard InChI is InChI=1S/C26H29N3O4/c1-4-33-22-9-5-8-21(15-22)29-25(31)23(19-10-12-20(13-11-19)27-18(3)30)24(26(29)32)28-14-6-7-17(2)16-28/h5,8-13,15,17H,4,6-7,14,16H2,1-3H3,(H,27,30). The second kappa shape index (κ2) is 9.48. The number of nitrogens with zero attached hydrogens (tertiary/aromatic N) is 2. The van der Waals surface area contributed by atoms with Crippen LogP contribution >= 0.6 is 0 Å². The number of hydrogen-bond acceptors (Lipinski definition) is 5. The van der Waals surface area contributed by atoms with Gasteiger partial charge < -0.3 is 15.0 Å². The molecule has 4 rings (SSSR count). The van der Waals surface area contributed by atoms with Crippen LogP contribution in [0.25, 0.3) is 5.57 Å². The maximum Gasteiger partial charge on any atom is 0.282 e. The molecule has 0 aliphatic carbocycles. The average Bonchev–Trinajstić information content (AvgIpc) is 3.04. The first-order valence-corrected chi connectivity index (χ1v) is 11.4. The van der Waals surface area contributed by atoms with Gasteiger partial charge in [0.05, 0.1) is 17.9 Å². The molecular weight excluding hydrogens is 418 g/mol. The van der Waals surface area contributed by atoms with Crippen molar-refractivity contribution in [2.45, 2.75) is 33.6 Å². The van der Waals surface area contributed by atoms with Crippen molar-refractivity contribution < 1.29 is 19.1 Å². The van der Waals surface area contributed by atoms with Crippen LogP contribution < -0.4 is 15.0 Å². The van der Waals surface area contributed by atoms with Crippen LogP contribution in [0.4, 0.5) is 11.4 Å². The molecule has 7 heteroatoms. The zero-order valence-electron chi connectivity index (χ0n) is 19.3. The van der Waals surface area contributed by atoms with Gasteiger partial charge in [-0.2, -0.15) is 0 Å². The van der Waals surface area contributed by atoms with Crippen LogP contribution in [-0.4, -0.2) is 42.3 Å². The summed E-state index contributed by atoms with van der Waals surface area (Å²) in [4.78, 5) is 42.1. The fourth-order valence-electron chi connectivity index (χ4n) is 4.50. The zero-order valence-corrected chi connectivity index (χ0v) is 19.3. The van der Waals surface area contributed by atoms with Gasteiger partial charge in [-0.3, -0.25) is 14.4 Å². The minimum Gasteiger partial charge on any atom is -0.494 e. The predicted octanol–water partition coefficient (Wildman–Crippen LogP) is 4.06. The maximum atomic E-state index is 13.7. The topological polar surface area (TPSA) is 79.0 Å². The summed E-state index contributed by atoms with van der Waals surface area (Å²) in [6, 6.07) is 14.1. The van der Waals surface area contributed by atoms with Crippen LogP contribution in [-0.2, 0) is 14.4 Å². The van der Waals surface area contributed by atoms with Crippen molar-refractivity contribution in [3.05, 3.63) is 59.8 Å². The lowest BCUT2D eigenvalue weighted by Gasteiger charge is -2.33. The van der Waals surface area contributed by atoms with E-state index in [1.165, 1.54) is 11.8 Å². The molecule has 0 bridgehead atoms. The third-order valence-corrected chi connectivity index (χ3v) is 5.91. The van der Waals surface area contributed by atoms with Crippen molar-refractivity contribution in [1.29, 1.82) is 0 Å². The highest BCUT2D eigenvalue weighted by Crippen LogP contribution is 2.37. The minimum atomic E-state index is -0.353. The fourth-order valence-corrected chi connectivity index (χ4v) is 4.50. The summed E-state index contributed by atoms with van der Waals surface area (Å²) >= 11 is 0. The molecule has 2 heterocycles. The molecule has 2 aromatic carbocycles. The molecule has 33 heavy (non-hydrogen) atoms. The van der Waals surface area contributed by atoms with Crippen LogP contribution in [0.5, 0.6) is 5.75 Å². The number of anilines is 2. The molecule has 1 N–H and O–H groups in total. The highest BCUT2D eigenvalue weighted by atomic mass is 16.5. The number of hydrogen-bond donors (Lipinski definition) is 1. The molecule has 0 spiro atoms. The van der Waals surface area contributed by atoms with E-state index >= 15 is 0 Å². The zero-order chi connectivity index (χ0) is 23.5. The van der Waals surface area contributed by atoms with Gasteiger partial charge in [-0.1, -0.05) is 25.1 Å². The summed E-state index contributed by atoms with van der Waals surface area (Å²) in [6.07, 6.45) is 2.08. The van der Waals surface area contributed by atoms with Gasteiger partial charge in [-0.15, -0.1) is 0 Å². The maximum absolute atomic E-state index is 13.7. The van der Waals surface area contributed by atoms with E-state index in [2.05, 4.69) is 17.1 Å². The summed E-state index contributed by atoms with van der Waals surface area (Å²) < 4.78 is 5.58. The number of rotatable bonds is 6. The van der Waals surface area contributed by atoms with Crippen molar-refractivity contribution in [3.63, 3.8) is 0 Å². The van der Waals surface area contributed by atoms with Gasteiger partial charge in [0.15, 0.2) is 0 Å². The van der Waals surface area contributed by atoms with Gasteiger partial charge in [0.1, 0.15) is 11.4 Å². The van der Waals surface area contributed by atoms with E-state index in [9.17, 15) is 14.4 Å². The SMILES string of the molecule is CCOc1cccc(N2C(=O)C(c3ccc(NC(C)=O)cc3)=C(N3CCCC(C)C3)C2=O)c1. The van der Waals surface area contributed by atoms with Crippen molar-refractivity contribution in [2.24, 2.45) is 5.92 Å². The number of ether oxygens (including phenoxy) is 1. The number of piperidine rings is 1. The average molecular weight is 448 g/mol. The van der Waals surface area contributed by atoms with E-state index in [1.54, 1.807) is 48.5 Å². The lowest BCUT2D eigenvalue weighted by molar-refractivity contribution is -0.121. The first kappa shape index (κ1) is 22.6. The van der Waals surface area contributed by atoms with E-state index in [4.69, 9.17) is 4.74 Å². The number of likely N-dealkylation sites (tertiary alicyclic amines) is 1. The number of nitrogens with one attached hydrogen (secondary N) is 1. The molecule has 2 aliphatic rings. The normalized spacial score (nSPS) is 18.7. The Morgan fingerprint density at radius 2 is 1.88 bits per heavy atom. The van der Waals surface area contributed by atoms with E-state index < -0.39 is 0 Å². The quantitative estimate of drug-likeness (QED) is 0.676. The van der Waals surface area contributed by atoms with Crippen molar-refractivity contribution in [2.75, 3.05) is 29.9 Å². The molecule has 0 radical (unpaired) electrons. The first-order chi connectivity index (χ1) is 15.9. The summed E-state index contributed by atoms with van der Waals surface area (Å²) in [6.45, 7) is 7.46. The number of amides is 3. The first-order valence-electron chi connectivity index (χ1n) is 11.4. The van der Waals surface area contributed by atoms with E-state index in [-0.39, 0.29) is 17.7 Å². The number of carbonyl (C=O) groups excluding carboxylic acids is 3. The Bertz CT molecular complexity index is 1110. The summed E-state index contributed by atoms with van der Waals surface area (Å²) in [5.74, 6) is 0.208. The highest BCUT2D eigenvalue weighted by molar-refractivity contribution is 6.45. The molecule has 172 valence electrons. The van der Waals surface area contributed by atoms with Crippen LogP contribution in [0.1, 0.15) is 39.2 Å². The third-order valence-electron chi connectivity index (χ3n) is 5.91. The van der Waals surface area contributed by atoms with Crippen molar-refractivity contribution in [3.8, 4) is 5.75 Å². The monoisotopic (exact) mass is 447 g/mol. The highest BCUT2D eigenvalue weighted by Gasteiger charge is 2.43. The number of carbonyl (C=O) groups is 3. The smallest absolute Gasteiger partial charge is 0.282 e. The van der Waals surface area contributed by atoms with Crippen LogP contribution in [0.3, 0.4) is 0 Å². The van der Waals surface area contributed by atoms with E-state index in [0.717, 1.165) is 25.9 Å². The van der Waals surface area contributed by atoms with E-state index in [0.29, 0.717) is 46.5 Å². The van der Waals surface area contributed by atoms with Gasteiger partial charge in [-0.05, 0) is 55.5 Å². The Hall–Kier alpha value is -3.61. The van der Waals surface area contributed by atoms with Gasteiger partial charge in [0.25, 0.3) is 11.8 Å². The van der Waals surface area contributed by atoms with Crippen LogP contribution in [0, 0.1) is 5.92 Å². The molecule has 3 amide bonds. The van der Waals surface area contributed by atoms with Crippen molar-refractivity contribution >= 4 is 34.7 Å². The Morgan fingerprint density at radius 1 is 1.12 bits per heavy atom. The number of benzene rings is 2. The molecule has 1 fully saturated rings. The lowest BCUT2D eigenvalue weighted by Crippen LogP contribution is -2.39. The van der Waals surface area contributed by atoms with Gasteiger partial charge in [0.2, 0.25) is 5.91 Å². The lowest BCUT2D eigenvalue weighted by atomic mass is 9.97. The molecule has 1 unspecified atom stereocenters. The predicted molar refractivity (Wildman–Crippen MR) is 128 cm³/mol. The molecule has 7 nitrogen and oxygen atoms in total. The van der Waals surface area contributed by atoms with Gasteiger partial charge in [-0.25, -0.2) is 4.90 Å². The second-order valence-electron chi connectivity index (χ2n) is 8.55. The van der Waals surface area contributed by atoms with Crippen LogP contribution in [0.15, 0.2) is 54.2 Å². The molecule has 2 aromatic rings. The molecule has 0 aromatic heterocycles. The Balaban J connectivity index is 1.76. The molecular formula is C26H29N3O4. The van der Waals surface area contributed by atoms with E-state index in [1.807, 2.05) is 6.92 Å². The molecule has 1 saturated heterocycles. The summed E-state index contributed by atoms with van der Waals surface area (Å²) in [5, 5.41) is 2.73. The Labute approximate surface area is 194 Å². The number of imide groups is 1. The summed E-state index contributed by atoms with van der Waals surface area (Å²) in [5.41, 5.74) is 2.62. The Morgan fingerprint density at radius 3 is 2.55 bits per heavy atom. The van der Waals surface area contributed by atoms with Gasteiger partial charge >= 0.3 is 0 Å². The third kappa shape index (κ3) is 4.62. The Kier molecular flexibility index (Phi) is 6.49. The summed E-state index contributed by atoms with van der Waals surface area (Å²) in [7, 11) is 0. The molecule has 2 aliphatic heterocycles. The fraction of sp³-hybridized carbons (Fsp3) is 0.346. The van der Waals surface area contributed by atoms with Gasteiger partial charge in [0, 0.05) is 31.8 Å². The second-order valence-corrected chi connectivity index (χ2v) is 8.55. The minimum absolute atomic E-state index is 0.169. The van der Waals surface area contributed by atoms with Crippen LogP contribution in [0.2, 0.25) is 0 Å². The largest absolute Gasteiger partial charge is 0.494 e.